The Labute approximate surface area is 146 Å². The van der Waals surface area contributed by atoms with Gasteiger partial charge in [-0.3, -0.25) is 9.59 Å². The number of amides is 2. The van der Waals surface area contributed by atoms with E-state index in [1.165, 1.54) is 5.56 Å². The minimum atomic E-state index is -0.375. The standard InChI is InChI=1S/C19H19ClN2O2/c1-2-13-7-9-15(10-8-13)21-19(24)14-11-18(23)22(12-14)17-6-4-3-5-16(17)20/h3-10,14H,2,11-12H2,1H3,(H,21,24). The molecule has 124 valence electrons. The van der Waals surface area contributed by atoms with Gasteiger partial charge in [0.1, 0.15) is 0 Å². The number of para-hydroxylation sites is 1. The van der Waals surface area contributed by atoms with Gasteiger partial charge in [-0.15, -0.1) is 0 Å². The number of carbonyl (C=O) groups is 2. The molecule has 2 aromatic carbocycles. The highest BCUT2D eigenvalue weighted by molar-refractivity contribution is 6.33. The summed E-state index contributed by atoms with van der Waals surface area (Å²) in [6.45, 7) is 2.43. The van der Waals surface area contributed by atoms with Crippen LogP contribution in [0.3, 0.4) is 0 Å². The number of aryl methyl sites for hydroxylation is 1. The summed E-state index contributed by atoms with van der Waals surface area (Å²) >= 11 is 6.16. The van der Waals surface area contributed by atoms with Gasteiger partial charge in [-0.2, -0.15) is 0 Å². The van der Waals surface area contributed by atoms with Gasteiger partial charge in [-0.05, 0) is 36.2 Å². The molecule has 1 unspecified atom stereocenters. The van der Waals surface area contributed by atoms with Gasteiger partial charge in [0.2, 0.25) is 11.8 Å². The molecular weight excluding hydrogens is 324 g/mol. The Bertz CT molecular complexity index is 758. The second-order valence-electron chi connectivity index (χ2n) is 5.90. The number of carbonyl (C=O) groups excluding carboxylic acids is 2. The molecule has 0 saturated carbocycles. The molecule has 0 spiro atoms. The molecule has 3 rings (SSSR count). The first-order valence-corrected chi connectivity index (χ1v) is 8.41. The quantitative estimate of drug-likeness (QED) is 0.916. The maximum absolute atomic E-state index is 12.5. The molecule has 4 nitrogen and oxygen atoms in total. The molecule has 1 aliphatic heterocycles. The van der Waals surface area contributed by atoms with Crippen LogP contribution in [0.4, 0.5) is 11.4 Å². The van der Waals surface area contributed by atoms with Crippen LogP contribution in [0.5, 0.6) is 0 Å². The number of rotatable bonds is 4. The van der Waals surface area contributed by atoms with Crippen LogP contribution < -0.4 is 10.2 Å². The van der Waals surface area contributed by atoms with E-state index < -0.39 is 0 Å². The van der Waals surface area contributed by atoms with Crippen LogP contribution in [0.2, 0.25) is 5.02 Å². The Morgan fingerprint density at radius 2 is 1.92 bits per heavy atom. The molecule has 0 bridgehead atoms. The van der Waals surface area contributed by atoms with E-state index in [1.54, 1.807) is 17.0 Å². The van der Waals surface area contributed by atoms with Gasteiger partial charge in [-0.1, -0.05) is 42.8 Å². The third kappa shape index (κ3) is 3.44. The van der Waals surface area contributed by atoms with E-state index >= 15 is 0 Å². The normalized spacial score (nSPS) is 17.2. The number of hydrogen-bond donors (Lipinski definition) is 1. The van der Waals surface area contributed by atoms with Crippen molar-refractivity contribution in [3.63, 3.8) is 0 Å². The van der Waals surface area contributed by atoms with E-state index in [1.807, 2.05) is 36.4 Å². The van der Waals surface area contributed by atoms with Crippen LogP contribution in [0.25, 0.3) is 0 Å². The van der Waals surface area contributed by atoms with E-state index in [0.29, 0.717) is 17.3 Å². The molecule has 1 saturated heterocycles. The second kappa shape index (κ2) is 7.05. The first-order valence-electron chi connectivity index (χ1n) is 8.03. The van der Waals surface area contributed by atoms with Gasteiger partial charge in [0.15, 0.2) is 0 Å². The number of nitrogens with one attached hydrogen (secondary N) is 1. The molecule has 24 heavy (non-hydrogen) atoms. The van der Waals surface area contributed by atoms with Crippen molar-refractivity contribution in [2.24, 2.45) is 5.92 Å². The Kier molecular flexibility index (Phi) is 4.86. The molecule has 0 radical (unpaired) electrons. The topological polar surface area (TPSA) is 49.4 Å². The van der Waals surface area contributed by atoms with Crippen molar-refractivity contribution < 1.29 is 9.59 Å². The van der Waals surface area contributed by atoms with Gasteiger partial charge in [0.25, 0.3) is 0 Å². The van der Waals surface area contributed by atoms with Crippen LogP contribution in [0.15, 0.2) is 48.5 Å². The molecule has 0 aliphatic carbocycles. The van der Waals surface area contributed by atoms with E-state index in [-0.39, 0.29) is 24.2 Å². The van der Waals surface area contributed by atoms with Crippen LogP contribution in [0, 0.1) is 5.92 Å². The molecule has 0 aromatic heterocycles. The monoisotopic (exact) mass is 342 g/mol. The number of benzene rings is 2. The van der Waals surface area contributed by atoms with E-state index in [2.05, 4.69) is 12.2 Å². The number of halogens is 1. The summed E-state index contributed by atoms with van der Waals surface area (Å²) in [6, 6.07) is 14.9. The smallest absolute Gasteiger partial charge is 0.229 e. The Morgan fingerprint density at radius 3 is 2.58 bits per heavy atom. The molecule has 5 heteroatoms. The second-order valence-corrected chi connectivity index (χ2v) is 6.30. The number of nitrogens with zero attached hydrogens (tertiary/aromatic N) is 1. The fraction of sp³-hybridized carbons (Fsp3) is 0.263. The largest absolute Gasteiger partial charge is 0.326 e. The lowest BCUT2D eigenvalue weighted by atomic mass is 10.1. The lowest BCUT2D eigenvalue weighted by Gasteiger charge is -2.18. The average molecular weight is 343 g/mol. The minimum Gasteiger partial charge on any atom is -0.326 e. The van der Waals surface area contributed by atoms with Crippen molar-refractivity contribution in [3.05, 3.63) is 59.1 Å². The van der Waals surface area contributed by atoms with Gasteiger partial charge >= 0.3 is 0 Å². The zero-order chi connectivity index (χ0) is 17.1. The lowest BCUT2D eigenvalue weighted by molar-refractivity contribution is -0.122. The van der Waals surface area contributed by atoms with Gasteiger partial charge in [0.05, 0.1) is 16.6 Å². The highest BCUT2D eigenvalue weighted by Gasteiger charge is 2.35. The lowest BCUT2D eigenvalue weighted by Crippen LogP contribution is -2.28. The summed E-state index contributed by atoms with van der Waals surface area (Å²) in [6.07, 6.45) is 1.16. The van der Waals surface area contributed by atoms with Gasteiger partial charge in [0, 0.05) is 18.7 Å². The molecule has 2 aromatic rings. The van der Waals surface area contributed by atoms with Crippen molar-refractivity contribution in [2.75, 3.05) is 16.8 Å². The van der Waals surface area contributed by atoms with Crippen molar-refractivity contribution in [1.82, 2.24) is 0 Å². The predicted octanol–water partition coefficient (Wildman–Crippen LogP) is 3.89. The van der Waals surface area contributed by atoms with Crippen molar-refractivity contribution >= 4 is 34.8 Å². The molecule has 1 fully saturated rings. The zero-order valence-corrected chi connectivity index (χ0v) is 14.2. The van der Waals surface area contributed by atoms with Crippen molar-refractivity contribution in [3.8, 4) is 0 Å². The number of hydrogen-bond acceptors (Lipinski definition) is 2. The van der Waals surface area contributed by atoms with Crippen LogP contribution in [-0.4, -0.2) is 18.4 Å². The Hall–Kier alpha value is -2.33. The Morgan fingerprint density at radius 1 is 1.21 bits per heavy atom. The van der Waals surface area contributed by atoms with Crippen molar-refractivity contribution in [1.29, 1.82) is 0 Å². The molecule has 1 atom stereocenters. The Balaban J connectivity index is 1.68. The van der Waals surface area contributed by atoms with Crippen LogP contribution in [0.1, 0.15) is 18.9 Å². The SMILES string of the molecule is CCc1ccc(NC(=O)C2CC(=O)N(c3ccccc3Cl)C2)cc1. The minimum absolute atomic E-state index is 0.0791. The molecule has 1 heterocycles. The summed E-state index contributed by atoms with van der Waals surface area (Å²) < 4.78 is 0. The zero-order valence-electron chi connectivity index (χ0n) is 13.5. The first kappa shape index (κ1) is 16.5. The van der Waals surface area contributed by atoms with Crippen LogP contribution in [-0.2, 0) is 16.0 Å². The van der Waals surface area contributed by atoms with E-state index in [9.17, 15) is 9.59 Å². The maximum Gasteiger partial charge on any atom is 0.229 e. The molecule has 1 aliphatic rings. The molecule has 2 amide bonds. The third-order valence-electron chi connectivity index (χ3n) is 4.27. The highest BCUT2D eigenvalue weighted by atomic mass is 35.5. The summed E-state index contributed by atoms with van der Waals surface area (Å²) in [5.41, 5.74) is 2.63. The molecule has 1 N–H and O–H groups in total. The van der Waals surface area contributed by atoms with Crippen LogP contribution >= 0.6 is 11.6 Å². The third-order valence-corrected chi connectivity index (χ3v) is 4.59. The fourth-order valence-corrected chi connectivity index (χ4v) is 3.09. The summed E-state index contributed by atoms with van der Waals surface area (Å²) in [7, 11) is 0. The maximum atomic E-state index is 12.5. The van der Waals surface area contributed by atoms with Gasteiger partial charge in [-0.25, -0.2) is 0 Å². The van der Waals surface area contributed by atoms with E-state index in [0.717, 1.165) is 12.1 Å². The summed E-state index contributed by atoms with van der Waals surface area (Å²) in [4.78, 5) is 26.3. The summed E-state index contributed by atoms with van der Waals surface area (Å²) in [5, 5.41) is 3.41. The van der Waals surface area contributed by atoms with Crippen molar-refractivity contribution in [2.45, 2.75) is 19.8 Å². The first-order chi connectivity index (χ1) is 11.6. The summed E-state index contributed by atoms with van der Waals surface area (Å²) in [5.74, 6) is -0.591. The van der Waals surface area contributed by atoms with E-state index in [4.69, 9.17) is 11.6 Å². The number of anilines is 2. The molecular formula is C19H19ClN2O2. The van der Waals surface area contributed by atoms with Gasteiger partial charge < -0.3 is 10.2 Å². The fourth-order valence-electron chi connectivity index (χ4n) is 2.85. The predicted molar refractivity (Wildman–Crippen MR) is 96.4 cm³/mol. The highest BCUT2D eigenvalue weighted by Crippen LogP contribution is 2.31. The average Bonchev–Trinajstić information content (AvgIpc) is 2.98.